The summed E-state index contributed by atoms with van der Waals surface area (Å²) >= 11 is 0. The zero-order chi connectivity index (χ0) is 10.1. The van der Waals surface area contributed by atoms with Gasteiger partial charge in [0.05, 0.1) is 12.5 Å². The highest BCUT2D eigenvalue weighted by molar-refractivity contribution is 5.78. The van der Waals surface area contributed by atoms with Gasteiger partial charge in [-0.05, 0) is 12.6 Å². The number of carbonyl (C=O) groups excluding carboxylic acids is 1. The lowest BCUT2D eigenvalue weighted by molar-refractivity contribution is -0.125. The summed E-state index contributed by atoms with van der Waals surface area (Å²) in [7, 11) is 0. The van der Waals surface area contributed by atoms with Crippen LogP contribution in [0.5, 0.6) is 0 Å². The van der Waals surface area contributed by atoms with E-state index in [9.17, 15) is 4.79 Å². The van der Waals surface area contributed by atoms with Crippen molar-refractivity contribution >= 4 is 5.91 Å². The van der Waals surface area contributed by atoms with Crippen LogP contribution in [0.3, 0.4) is 0 Å². The van der Waals surface area contributed by atoms with E-state index in [1.54, 1.807) is 11.1 Å². The molecule has 1 saturated heterocycles. The average Bonchev–Trinajstić information content (AvgIpc) is 2.53. The molecule has 1 aliphatic heterocycles. The highest BCUT2D eigenvalue weighted by Gasteiger charge is 2.15. The molecule has 1 fully saturated rings. The molecule has 0 aliphatic carbocycles. The highest BCUT2D eigenvalue weighted by Crippen LogP contribution is 2.08. The molecule has 0 radical (unpaired) electrons. The van der Waals surface area contributed by atoms with Crippen molar-refractivity contribution in [1.82, 2.24) is 4.90 Å². The SMILES string of the molecule is C=CN1CCCC1=O.C=COC=C. The standard InChI is InChI=1S/C6H9NO.C4H6O/c1-2-7-5-3-4-6(7)8;1-3-5-4-2/h2H,1,3-5H2;3-4H,1-2H2. The molecule has 0 bridgehead atoms. The molecule has 0 aromatic rings. The van der Waals surface area contributed by atoms with E-state index in [4.69, 9.17) is 0 Å². The second kappa shape index (κ2) is 7.16. The average molecular weight is 181 g/mol. The lowest BCUT2D eigenvalue weighted by Crippen LogP contribution is -2.16. The molecule has 3 heteroatoms. The summed E-state index contributed by atoms with van der Waals surface area (Å²) in [5.41, 5.74) is 0. The topological polar surface area (TPSA) is 29.5 Å². The molecule has 0 N–H and O–H groups in total. The summed E-state index contributed by atoms with van der Waals surface area (Å²) in [6, 6.07) is 0. The van der Waals surface area contributed by atoms with Crippen LogP contribution >= 0.6 is 0 Å². The summed E-state index contributed by atoms with van der Waals surface area (Å²) < 4.78 is 4.36. The third kappa shape index (κ3) is 4.85. The number of ether oxygens (including phenoxy) is 1. The number of rotatable bonds is 3. The summed E-state index contributed by atoms with van der Waals surface area (Å²) in [6.45, 7) is 10.9. The minimum Gasteiger partial charge on any atom is -0.474 e. The number of hydrogen-bond donors (Lipinski definition) is 0. The van der Waals surface area contributed by atoms with E-state index in [1.807, 2.05) is 0 Å². The molecule has 1 aliphatic rings. The first kappa shape index (κ1) is 11.5. The summed E-state index contributed by atoms with van der Waals surface area (Å²) in [4.78, 5) is 12.3. The molecule has 3 nitrogen and oxygen atoms in total. The molecule has 0 atom stereocenters. The van der Waals surface area contributed by atoms with Crippen molar-refractivity contribution in [3.8, 4) is 0 Å². The highest BCUT2D eigenvalue weighted by atomic mass is 16.5. The van der Waals surface area contributed by atoms with Crippen molar-refractivity contribution < 1.29 is 9.53 Å². The van der Waals surface area contributed by atoms with Crippen LogP contribution in [0, 0.1) is 0 Å². The minimum atomic E-state index is 0.208. The Hall–Kier alpha value is -1.51. The third-order valence-corrected chi connectivity index (χ3v) is 1.52. The molecule has 0 unspecified atom stereocenters. The number of hydrogen-bond acceptors (Lipinski definition) is 2. The van der Waals surface area contributed by atoms with Gasteiger partial charge in [0.1, 0.15) is 0 Å². The molecule has 1 rings (SSSR count). The van der Waals surface area contributed by atoms with Gasteiger partial charge < -0.3 is 9.64 Å². The van der Waals surface area contributed by atoms with Gasteiger partial charge in [-0.3, -0.25) is 4.79 Å². The Morgan fingerprint density at radius 2 is 1.92 bits per heavy atom. The van der Waals surface area contributed by atoms with Crippen LogP contribution in [0.1, 0.15) is 12.8 Å². The van der Waals surface area contributed by atoms with Crippen molar-refractivity contribution in [1.29, 1.82) is 0 Å². The fraction of sp³-hybridized carbons (Fsp3) is 0.300. The van der Waals surface area contributed by atoms with E-state index in [0.717, 1.165) is 13.0 Å². The Balaban J connectivity index is 0.000000252. The smallest absolute Gasteiger partial charge is 0.226 e. The van der Waals surface area contributed by atoms with Crippen LogP contribution in [0.2, 0.25) is 0 Å². The van der Waals surface area contributed by atoms with E-state index in [-0.39, 0.29) is 5.91 Å². The second-order valence-corrected chi connectivity index (χ2v) is 2.34. The lowest BCUT2D eigenvalue weighted by Gasteiger charge is -2.05. The molecule has 0 aromatic heterocycles. The van der Waals surface area contributed by atoms with Gasteiger partial charge in [-0.15, -0.1) is 0 Å². The van der Waals surface area contributed by atoms with Crippen LogP contribution in [-0.2, 0) is 9.53 Å². The molecule has 1 amide bonds. The molecule has 0 aromatic carbocycles. The number of likely N-dealkylation sites (tertiary alicyclic amines) is 1. The largest absolute Gasteiger partial charge is 0.474 e. The summed E-state index contributed by atoms with van der Waals surface area (Å²) in [5, 5.41) is 0. The number of nitrogens with zero attached hydrogens (tertiary/aromatic N) is 1. The van der Waals surface area contributed by atoms with Crippen molar-refractivity contribution in [2.24, 2.45) is 0 Å². The quantitative estimate of drug-likeness (QED) is 0.623. The van der Waals surface area contributed by atoms with Crippen molar-refractivity contribution in [3.63, 3.8) is 0 Å². The molecule has 0 saturated carbocycles. The molecule has 1 heterocycles. The van der Waals surface area contributed by atoms with Crippen LogP contribution in [0.25, 0.3) is 0 Å². The first-order chi connectivity index (χ1) is 6.26. The first-order valence-corrected chi connectivity index (χ1v) is 4.05. The zero-order valence-electron chi connectivity index (χ0n) is 7.74. The number of amides is 1. The first-order valence-electron chi connectivity index (χ1n) is 4.05. The van der Waals surface area contributed by atoms with Gasteiger partial charge in [-0.1, -0.05) is 19.7 Å². The van der Waals surface area contributed by atoms with Crippen LogP contribution in [0.15, 0.2) is 38.5 Å². The Kier molecular flexibility index (Phi) is 6.32. The summed E-state index contributed by atoms with van der Waals surface area (Å²) in [5.74, 6) is 0.208. The van der Waals surface area contributed by atoms with E-state index in [2.05, 4.69) is 24.5 Å². The summed E-state index contributed by atoms with van der Waals surface area (Å²) in [6.07, 6.45) is 5.91. The van der Waals surface area contributed by atoms with Gasteiger partial charge in [0.15, 0.2) is 0 Å². The maximum absolute atomic E-state index is 10.7. The molecular weight excluding hydrogens is 166 g/mol. The minimum absolute atomic E-state index is 0.208. The van der Waals surface area contributed by atoms with Crippen LogP contribution < -0.4 is 0 Å². The molecular formula is C10H15NO2. The van der Waals surface area contributed by atoms with Crippen LogP contribution in [0.4, 0.5) is 0 Å². The van der Waals surface area contributed by atoms with Gasteiger partial charge in [0, 0.05) is 13.0 Å². The Labute approximate surface area is 79.0 Å². The lowest BCUT2D eigenvalue weighted by atomic mass is 10.4. The maximum atomic E-state index is 10.7. The van der Waals surface area contributed by atoms with E-state index < -0.39 is 0 Å². The van der Waals surface area contributed by atoms with Gasteiger partial charge in [0.25, 0.3) is 0 Å². The second-order valence-electron chi connectivity index (χ2n) is 2.34. The van der Waals surface area contributed by atoms with Crippen molar-refractivity contribution in [2.45, 2.75) is 12.8 Å². The zero-order valence-corrected chi connectivity index (χ0v) is 7.74. The normalized spacial score (nSPS) is 14.2. The fourth-order valence-electron chi connectivity index (χ4n) is 0.930. The van der Waals surface area contributed by atoms with Gasteiger partial charge in [-0.25, -0.2) is 0 Å². The van der Waals surface area contributed by atoms with Gasteiger partial charge >= 0.3 is 0 Å². The maximum Gasteiger partial charge on any atom is 0.226 e. The fourth-order valence-corrected chi connectivity index (χ4v) is 0.930. The van der Waals surface area contributed by atoms with E-state index >= 15 is 0 Å². The Bertz CT molecular complexity index is 193. The van der Waals surface area contributed by atoms with Gasteiger partial charge in [-0.2, -0.15) is 0 Å². The Morgan fingerprint density at radius 1 is 1.31 bits per heavy atom. The predicted molar refractivity (Wildman–Crippen MR) is 52.6 cm³/mol. The van der Waals surface area contributed by atoms with E-state index in [0.29, 0.717) is 6.42 Å². The molecule has 13 heavy (non-hydrogen) atoms. The predicted octanol–water partition coefficient (Wildman–Crippen LogP) is 2.04. The van der Waals surface area contributed by atoms with E-state index in [1.165, 1.54) is 12.5 Å². The molecule has 0 spiro atoms. The van der Waals surface area contributed by atoms with Gasteiger partial charge in [0.2, 0.25) is 5.91 Å². The van der Waals surface area contributed by atoms with Crippen LogP contribution in [-0.4, -0.2) is 17.4 Å². The van der Waals surface area contributed by atoms with Crippen molar-refractivity contribution in [2.75, 3.05) is 6.54 Å². The Morgan fingerprint density at radius 3 is 2.08 bits per heavy atom. The monoisotopic (exact) mass is 181 g/mol. The van der Waals surface area contributed by atoms with Crippen molar-refractivity contribution in [3.05, 3.63) is 38.5 Å². The molecule has 72 valence electrons. The number of carbonyl (C=O) groups is 1. The third-order valence-electron chi connectivity index (χ3n) is 1.52.